The molecule has 0 saturated carbocycles. The molecule has 66 valence electrons. The number of aryl methyl sites for hydroxylation is 1. The summed E-state index contributed by atoms with van der Waals surface area (Å²) in [4.78, 5) is 0. The van der Waals surface area contributed by atoms with Crippen molar-refractivity contribution in [3.8, 4) is 5.75 Å². The molecular weight excluding hydrogens is 178 g/mol. The zero-order chi connectivity index (χ0) is 9.19. The topological polar surface area (TPSA) is 47.2 Å². The Labute approximate surface area is 71.5 Å². The van der Waals surface area contributed by atoms with Crippen LogP contribution in [0.2, 0.25) is 0 Å². The van der Waals surface area contributed by atoms with Gasteiger partial charge >= 0.3 is 10.1 Å². The van der Waals surface area contributed by atoms with Crippen molar-refractivity contribution in [3.63, 3.8) is 0 Å². The van der Waals surface area contributed by atoms with Gasteiger partial charge in [-0.2, -0.15) is 8.42 Å². The van der Waals surface area contributed by atoms with Crippen LogP contribution in [0.25, 0.3) is 0 Å². The summed E-state index contributed by atoms with van der Waals surface area (Å²) in [5.74, 6) is 0.322. The molecule has 0 bridgehead atoms. The molecule has 0 radical (unpaired) electrons. The van der Waals surface area contributed by atoms with Gasteiger partial charge in [-0.1, -0.05) is 0 Å². The molecule has 12 heavy (non-hydrogen) atoms. The van der Waals surface area contributed by atoms with Gasteiger partial charge in [0.1, 0.15) is 7.05 Å². The number of rotatable bonds is 2. The molecule has 0 atom stereocenters. The number of hydrogen-bond donors (Lipinski definition) is 0. The lowest BCUT2D eigenvalue weighted by molar-refractivity contribution is -0.671. The van der Waals surface area contributed by atoms with Crippen LogP contribution < -0.4 is 8.75 Å². The lowest BCUT2D eigenvalue weighted by Crippen LogP contribution is -2.26. The van der Waals surface area contributed by atoms with Crippen LogP contribution in [0.4, 0.5) is 0 Å². The smallest absolute Gasteiger partial charge is 0.306 e. The van der Waals surface area contributed by atoms with E-state index in [1.54, 1.807) is 36.1 Å². The highest BCUT2D eigenvalue weighted by atomic mass is 32.2. The second kappa shape index (κ2) is 3.10. The summed E-state index contributed by atoms with van der Waals surface area (Å²) < 4.78 is 27.7. The standard InChI is InChI=1S/C7H10NO3S/c1-8-5-3-4-7(6-8)11-12(2,9)10/h3-6H,1-2H3/q+1. The van der Waals surface area contributed by atoms with Crippen molar-refractivity contribution in [1.82, 2.24) is 0 Å². The number of nitrogens with zero attached hydrogens (tertiary/aromatic N) is 1. The Morgan fingerprint density at radius 1 is 1.50 bits per heavy atom. The highest BCUT2D eigenvalue weighted by molar-refractivity contribution is 7.86. The molecule has 0 amide bonds. The molecule has 0 aliphatic rings. The molecule has 1 rings (SSSR count). The predicted octanol–water partition coefficient (Wildman–Crippen LogP) is -0.151. The van der Waals surface area contributed by atoms with E-state index in [4.69, 9.17) is 0 Å². The Bertz CT molecular complexity index is 372. The van der Waals surface area contributed by atoms with Gasteiger partial charge in [-0.25, -0.2) is 4.57 Å². The average molecular weight is 188 g/mol. The van der Waals surface area contributed by atoms with E-state index >= 15 is 0 Å². The minimum atomic E-state index is -3.41. The maximum absolute atomic E-state index is 10.7. The first-order chi connectivity index (χ1) is 5.47. The fourth-order valence-electron chi connectivity index (χ4n) is 0.784. The van der Waals surface area contributed by atoms with E-state index in [1.807, 2.05) is 0 Å². The third kappa shape index (κ3) is 2.87. The van der Waals surface area contributed by atoms with Crippen LogP contribution in [0.5, 0.6) is 5.75 Å². The zero-order valence-corrected chi connectivity index (χ0v) is 7.71. The Hall–Kier alpha value is -1.10. The van der Waals surface area contributed by atoms with Gasteiger partial charge in [0, 0.05) is 6.07 Å². The highest BCUT2D eigenvalue weighted by Gasteiger charge is 2.06. The predicted molar refractivity (Wildman–Crippen MR) is 43.1 cm³/mol. The van der Waals surface area contributed by atoms with E-state index in [1.165, 1.54) is 0 Å². The fraction of sp³-hybridized carbons (Fsp3) is 0.286. The minimum absolute atomic E-state index is 0.322. The van der Waals surface area contributed by atoms with Gasteiger partial charge in [0.25, 0.3) is 0 Å². The van der Waals surface area contributed by atoms with Crippen LogP contribution in [0.15, 0.2) is 24.5 Å². The molecular formula is C7H10NO3S+. The van der Waals surface area contributed by atoms with Gasteiger partial charge in [0.15, 0.2) is 6.20 Å². The molecule has 5 heteroatoms. The van der Waals surface area contributed by atoms with Crippen molar-refractivity contribution in [2.75, 3.05) is 6.26 Å². The largest absolute Gasteiger partial charge is 0.376 e. The Balaban J connectivity index is 2.91. The fourth-order valence-corrected chi connectivity index (χ4v) is 1.23. The quantitative estimate of drug-likeness (QED) is 0.479. The third-order valence-electron chi connectivity index (χ3n) is 1.16. The first kappa shape index (κ1) is 8.99. The normalized spacial score (nSPS) is 11.2. The molecule has 0 aromatic carbocycles. The van der Waals surface area contributed by atoms with Crippen molar-refractivity contribution in [3.05, 3.63) is 24.5 Å². The Morgan fingerprint density at radius 2 is 2.17 bits per heavy atom. The van der Waals surface area contributed by atoms with Gasteiger partial charge < -0.3 is 4.18 Å². The summed E-state index contributed by atoms with van der Waals surface area (Å²) in [5, 5.41) is 0. The summed E-state index contributed by atoms with van der Waals surface area (Å²) in [7, 11) is -1.62. The second-order valence-corrected chi connectivity index (χ2v) is 4.07. The number of hydrogen-bond acceptors (Lipinski definition) is 3. The molecule has 0 unspecified atom stereocenters. The Morgan fingerprint density at radius 3 is 2.67 bits per heavy atom. The van der Waals surface area contributed by atoms with Gasteiger partial charge in [-0.15, -0.1) is 0 Å². The van der Waals surface area contributed by atoms with Crippen molar-refractivity contribution < 1.29 is 17.2 Å². The number of pyridine rings is 1. The van der Waals surface area contributed by atoms with E-state index < -0.39 is 10.1 Å². The van der Waals surface area contributed by atoms with Crippen molar-refractivity contribution in [2.45, 2.75) is 0 Å². The minimum Gasteiger partial charge on any atom is -0.376 e. The van der Waals surface area contributed by atoms with E-state index in [0.29, 0.717) is 5.75 Å². The van der Waals surface area contributed by atoms with Crippen molar-refractivity contribution in [2.24, 2.45) is 7.05 Å². The van der Waals surface area contributed by atoms with Crippen LogP contribution in [-0.4, -0.2) is 14.7 Å². The molecule has 0 spiro atoms. The Kier molecular flexibility index (Phi) is 2.32. The van der Waals surface area contributed by atoms with Gasteiger partial charge in [0.2, 0.25) is 11.9 Å². The van der Waals surface area contributed by atoms with E-state index in [2.05, 4.69) is 4.18 Å². The van der Waals surface area contributed by atoms with E-state index in [0.717, 1.165) is 6.26 Å². The van der Waals surface area contributed by atoms with Crippen LogP contribution in [0.3, 0.4) is 0 Å². The van der Waals surface area contributed by atoms with Gasteiger partial charge in [-0.05, 0) is 6.07 Å². The molecule has 1 heterocycles. The van der Waals surface area contributed by atoms with Crippen molar-refractivity contribution in [1.29, 1.82) is 0 Å². The zero-order valence-electron chi connectivity index (χ0n) is 6.89. The maximum atomic E-state index is 10.7. The first-order valence-corrected chi connectivity index (χ1v) is 5.14. The van der Waals surface area contributed by atoms with Crippen LogP contribution in [0, 0.1) is 0 Å². The first-order valence-electron chi connectivity index (χ1n) is 3.32. The lowest BCUT2D eigenvalue weighted by Gasteiger charge is -1.98. The molecule has 1 aromatic heterocycles. The SMILES string of the molecule is C[n+]1cccc(OS(C)(=O)=O)c1. The molecule has 0 saturated heterocycles. The summed E-state index contributed by atoms with van der Waals surface area (Å²) >= 11 is 0. The summed E-state index contributed by atoms with van der Waals surface area (Å²) in [5.41, 5.74) is 0. The maximum Gasteiger partial charge on any atom is 0.306 e. The van der Waals surface area contributed by atoms with Crippen molar-refractivity contribution >= 4 is 10.1 Å². The van der Waals surface area contributed by atoms with Gasteiger partial charge in [0.05, 0.1) is 6.26 Å². The highest BCUT2D eigenvalue weighted by Crippen LogP contribution is 2.07. The molecule has 0 aliphatic heterocycles. The summed E-state index contributed by atoms with van der Waals surface area (Å²) in [6.07, 6.45) is 4.39. The summed E-state index contributed by atoms with van der Waals surface area (Å²) in [6, 6.07) is 3.29. The molecule has 0 aliphatic carbocycles. The molecule has 0 N–H and O–H groups in total. The van der Waals surface area contributed by atoms with Crippen LogP contribution in [0.1, 0.15) is 0 Å². The summed E-state index contributed by atoms with van der Waals surface area (Å²) in [6.45, 7) is 0. The van der Waals surface area contributed by atoms with Crippen LogP contribution in [-0.2, 0) is 17.2 Å². The average Bonchev–Trinajstić information content (AvgIpc) is 1.82. The van der Waals surface area contributed by atoms with E-state index in [9.17, 15) is 8.42 Å². The van der Waals surface area contributed by atoms with Gasteiger partial charge in [-0.3, -0.25) is 0 Å². The monoisotopic (exact) mass is 188 g/mol. The molecule has 1 aromatic rings. The lowest BCUT2D eigenvalue weighted by atomic mass is 10.5. The molecule has 4 nitrogen and oxygen atoms in total. The molecule has 0 fully saturated rings. The number of aromatic nitrogens is 1. The third-order valence-corrected chi connectivity index (χ3v) is 1.66. The second-order valence-electron chi connectivity index (χ2n) is 2.49. The van der Waals surface area contributed by atoms with Crippen LogP contribution >= 0.6 is 0 Å². The van der Waals surface area contributed by atoms with E-state index in [-0.39, 0.29) is 0 Å².